The number of rotatable bonds is 3. The minimum absolute atomic E-state index is 0.0397. The van der Waals surface area contributed by atoms with E-state index in [9.17, 15) is 4.79 Å². The van der Waals surface area contributed by atoms with Gasteiger partial charge in [-0.15, -0.1) is 0 Å². The Bertz CT molecular complexity index is 782. The van der Waals surface area contributed by atoms with Crippen LogP contribution < -0.4 is 10.2 Å². The van der Waals surface area contributed by atoms with Gasteiger partial charge in [0.1, 0.15) is 17.9 Å². The van der Waals surface area contributed by atoms with Gasteiger partial charge in [-0.2, -0.15) is 5.26 Å². The second-order valence-corrected chi connectivity index (χ2v) is 6.31. The Balaban J connectivity index is 1.73. The minimum atomic E-state index is -0.292. The molecule has 0 radical (unpaired) electrons. The number of aromatic nitrogens is 1. The van der Waals surface area contributed by atoms with Crippen LogP contribution in [0.15, 0.2) is 41.0 Å². The Morgan fingerprint density at radius 3 is 2.87 bits per heavy atom. The minimum Gasteiger partial charge on any atom is -0.358 e. The summed E-state index contributed by atoms with van der Waals surface area (Å²) in [7, 11) is 0. The lowest BCUT2D eigenvalue weighted by atomic mass is 10.2. The topological polar surface area (TPSA) is 69.0 Å². The first-order valence-corrected chi connectivity index (χ1v) is 8.08. The van der Waals surface area contributed by atoms with E-state index in [0.29, 0.717) is 17.9 Å². The van der Waals surface area contributed by atoms with Crippen LogP contribution in [-0.4, -0.2) is 23.5 Å². The van der Waals surface area contributed by atoms with Gasteiger partial charge in [-0.3, -0.25) is 4.79 Å². The third-order valence-corrected chi connectivity index (χ3v) is 4.76. The maximum Gasteiger partial charge on any atom is 0.249 e. The van der Waals surface area contributed by atoms with E-state index in [1.54, 1.807) is 17.0 Å². The van der Waals surface area contributed by atoms with Crippen molar-refractivity contribution >= 4 is 33.3 Å². The molecule has 1 N–H and O–H groups in total. The number of nitrogens with zero attached hydrogens (tertiary/aromatic N) is 3. The van der Waals surface area contributed by atoms with E-state index in [2.05, 4.69) is 26.2 Å². The zero-order valence-corrected chi connectivity index (χ0v) is 14.2. The van der Waals surface area contributed by atoms with Crippen LogP contribution in [0.25, 0.3) is 0 Å². The Morgan fingerprint density at radius 1 is 1.39 bits per heavy atom. The fraction of sp³-hybridized carbons (Fsp3) is 0.235. The summed E-state index contributed by atoms with van der Waals surface area (Å²) in [4.78, 5) is 18.6. The van der Waals surface area contributed by atoms with Crippen molar-refractivity contribution in [1.29, 1.82) is 5.26 Å². The smallest absolute Gasteiger partial charge is 0.249 e. The number of nitriles is 1. The summed E-state index contributed by atoms with van der Waals surface area (Å²) in [5.41, 5.74) is 2.51. The summed E-state index contributed by atoms with van der Waals surface area (Å²) in [5.74, 6) is 0.647. The highest BCUT2D eigenvalue weighted by atomic mass is 79.9. The molecule has 116 valence electrons. The van der Waals surface area contributed by atoms with E-state index in [1.165, 1.54) is 6.20 Å². The van der Waals surface area contributed by atoms with E-state index in [0.717, 1.165) is 22.1 Å². The lowest BCUT2D eigenvalue weighted by Crippen LogP contribution is -2.33. The quantitative estimate of drug-likeness (QED) is 0.900. The molecule has 0 spiro atoms. The molecule has 1 unspecified atom stereocenters. The molecule has 2 heterocycles. The van der Waals surface area contributed by atoms with Gasteiger partial charge in [0.2, 0.25) is 5.91 Å². The molecule has 23 heavy (non-hydrogen) atoms. The molecule has 1 aromatic heterocycles. The Morgan fingerprint density at radius 2 is 2.22 bits per heavy atom. The van der Waals surface area contributed by atoms with E-state index in [1.807, 2.05) is 31.2 Å². The standard InChI is InChI=1S/C17H15BrN4O/c1-11-8-13(3-4-14(11)18)22-7-6-15(17(22)23)21-16-5-2-12(9-19)10-20-16/h2-5,8,10,15H,6-7H2,1H3,(H,20,21). The number of hydrogen-bond donors (Lipinski definition) is 1. The Kier molecular flexibility index (Phi) is 4.30. The fourth-order valence-corrected chi connectivity index (χ4v) is 2.84. The first kappa shape index (κ1) is 15.5. The van der Waals surface area contributed by atoms with Gasteiger partial charge in [-0.25, -0.2) is 4.98 Å². The monoisotopic (exact) mass is 370 g/mol. The van der Waals surface area contributed by atoms with E-state index >= 15 is 0 Å². The van der Waals surface area contributed by atoms with E-state index < -0.39 is 0 Å². The number of carbonyl (C=O) groups is 1. The normalized spacial score (nSPS) is 17.2. The predicted octanol–water partition coefficient (Wildman–Crippen LogP) is 3.24. The second-order valence-electron chi connectivity index (χ2n) is 5.45. The number of aryl methyl sites for hydroxylation is 1. The maximum atomic E-state index is 12.6. The number of halogens is 1. The van der Waals surface area contributed by atoms with Gasteiger partial charge in [0.15, 0.2) is 0 Å². The molecule has 1 aliphatic heterocycles. The number of nitrogens with one attached hydrogen (secondary N) is 1. The summed E-state index contributed by atoms with van der Waals surface area (Å²) < 4.78 is 1.03. The molecule has 1 aromatic carbocycles. The highest BCUT2D eigenvalue weighted by Crippen LogP contribution is 2.27. The second kappa shape index (κ2) is 6.39. The van der Waals surface area contributed by atoms with Gasteiger partial charge in [0.05, 0.1) is 5.56 Å². The third-order valence-electron chi connectivity index (χ3n) is 3.87. The van der Waals surface area contributed by atoms with Gasteiger partial charge in [0, 0.05) is 22.9 Å². The van der Waals surface area contributed by atoms with Crippen LogP contribution in [0.2, 0.25) is 0 Å². The molecule has 1 fully saturated rings. The van der Waals surface area contributed by atoms with Crippen LogP contribution in [0.4, 0.5) is 11.5 Å². The maximum absolute atomic E-state index is 12.6. The number of carbonyl (C=O) groups excluding carboxylic acids is 1. The fourth-order valence-electron chi connectivity index (χ4n) is 2.59. The van der Waals surface area contributed by atoms with Crippen molar-refractivity contribution < 1.29 is 4.79 Å². The van der Waals surface area contributed by atoms with Crippen molar-refractivity contribution in [3.63, 3.8) is 0 Å². The van der Waals surface area contributed by atoms with Gasteiger partial charge < -0.3 is 10.2 Å². The molecule has 2 aromatic rings. The summed E-state index contributed by atoms with van der Waals surface area (Å²) in [6.07, 6.45) is 2.22. The molecule has 0 aliphatic carbocycles. The van der Waals surface area contributed by atoms with Crippen LogP contribution >= 0.6 is 15.9 Å². The van der Waals surface area contributed by atoms with Gasteiger partial charge in [0.25, 0.3) is 0 Å². The number of anilines is 2. The highest BCUT2D eigenvalue weighted by molar-refractivity contribution is 9.10. The summed E-state index contributed by atoms with van der Waals surface area (Å²) in [6.45, 7) is 2.68. The molecule has 1 saturated heterocycles. The number of hydrogen-bond acceptors (Lipinski definition) is 4. The zero-order valence-electron chi connectivity index (χ0n) is 12.6. The Labute approximate surface area is 143 Å². The van der Waals surface area contributed by atoms with Crippen LogP contribution in [0, 0.1) is 18.3 Å². The molecular weight excluding hydrogens is 356 g/mol. The predicted molar refractivity (Wildman–Crippen MR) is 92.2 cm³/mol. The first-order valence-electron chi connectivity index (χ1n) is 7.28. The summed E-state index contributed by atoms with van der Waals surface area (Å²) in [5, 5.41) is 11.9. The molecule has 1 aliphatic rings. The largest absolute Gasteiger partial charge is 0.358 e. The Hall–Kier alpha value is -2.39. The van der Waals surface area contributed by atoms with Gasteiger partial charge in [-0.05, 0) is 49.2 Å². The number of benzene rings is 1. The molecule has 0 bridgehead atoms. The van der Waals surface area contributed by atoms with Crippen LogP contribution in [0.1, 0.15) is 17.5 Å². The average molecular weight is 371 g/mol. The van der Waals surface area contributed by atoms with Crippen molar-refractivity contribution in [2.24, 2.45) is 0 Å². The van der Waals surface area contributed by atoms with Gasteiger partial charge in [-0.1, -0.05) is 15.9 Å². The molecule has 1 amide bonds. The lowest BCUT2D eigenvalue weighted by molar-refractivity contribution is -0.117. The highest BCUT2D eigenvalue weighted by Gasteiger charge is 2.32. The lowest BCUT2D eigenvalue weighted by Gasteiger charge is -2.18. The van der Waals surface area contributed by atoms with E-state index in [-0.39, 0.29) is 11.9 Å². The number of pyridine rings is 1. The molecule has 6 heteroatoms. The average Bonchev–Trinajstić information content (AvgIpc) is 2.92. The van der Waals surface area contributed by atoms with Gasteiger partial charge >= 0.3 is 0 Å². The molecule has 3 rings (SSSR count). The van der Waals surface area contributed by atoms with Crippen LogP contribution in [-0.2, 0) is 4.79 Å². The van der Waals surface area contributed by atoms with Crippen molar-refractivity contribution in [3.8, 4) is 6.07 Å². The van der Waals surface area contributed by atoms with Crippen molar-refractivity contribution in [2.45, 2.75) is 19.4 Å². The summed E-state index contributed by atoms with van der Waals surface area (Å²) >= 11 is 3.47. The van der Waals surface area contributed by atoms with Crippen LogP contribution in [0.3, 0.4) is 0 Å². The zero-order chi connectivity index (χ0) is 16.4. The van der Waals surface area contributed by atoms with Crippen molar-refractivity contribution in [1.82, 2.24) is 4.98 Å². The molecule has 1 atom stereocenters. The summed E-state index contributed by atoms with van der Waals surface area (Å²) in [6, 6.07) is 11.0. The molecule has 5 nitrogen and oxygen atoms in total. The molecule has 0 saturated carbocycles. The third kappa shape index (κ3) is 3.20. The van der Waals surface area contributed by atoms with Crippen molar-refractivity contribution in [3.05, 3.63) is 52.1 Å². The number of amides is 1. The molecular formula is C17H15BrN4O. The van der Waals surface area contributed by atoms with E-state index in [4.69, 9.17) is 5.26 Å². The van der Waals surface area contributed by atoms with Crippen molar-refractivity contribution in [2.75, 3.05) is 16.8 Å². The first-order chi connectivity index (χ1) is 11.1. The SMILES string of the molecule is Cc1cc(N2CCC(Nc3ccc(C#N)cn3)C2=O)ccc1Br. The van der Waals surface area contributed by atoms with Crippen LogP contribution in [0.5, 0.6) is 0 Å².